The monoisotopic (exact) mass is 157 g/mol. The minimum Gasteiger partial charge on any atom is -0.399 e. The van der Waals surface area contributed by atoms with Crippen molar-refractivity contribution in [1.29, 1.82) is 0 Å². The van der Waals surface area contributed by atoms with Gasteiger partial charge in [0.25, 0.3) is 0 Å². The topological polar surface area (TPSA) is 26.0 Å². The quantitative estimate of drug-likeness (QED) is 0.575. The Morgan fingerprint density at radius 2 is 2.08 bits per heavy atom. The third kappa shape index (κ3) is 1.26. The maximum atomic E-state index is 5.68. The highest BCUT2D eigenvalue weighted by molar-refractivity contribution is 5.61. The lowest BCUT2D eigenvalue weighted by atomic mass is 10.0. The number of hydrogen-bond donors (Lipinski definition) is 1. The molecule has 0 amide bonds. The maximum Gasteiger partial charge on any atom is 0.0317 e. The van der Waals surface area contributed by atoms with Gasteiger partial charge in [-0.25, -0.2) is 0 Å². The molecule has 0 spiro atoms. The largest absolute Gasteiger partial charge is 0.399 e. The Balaban J connectivity index is 2.53. The number of nitrogen functional groups attached to an aromatic ring is 1. The molecule has 1 heteroatoms. The summed E-state index contributed by atoms with van der Waals surface area (Å²) in [6, 6.07) is 6.04. The lowest BCUT2D eigenvalue weighted by Gasteiger charge is -2.02. The summed E-state index contributed by atoms with van der Waals surface area (Å²) in [7, 11) is 0. The Kier molecular flexibility index (Phi) is 1.71. The summed E-state index contributed by atoms with van der Waals surface area (Å²) in [6.07, 6.45) is 9.35. The summed E-state index contributed by atoms with van der Waals surface area (Å²) in [5.41, 5.74) is 9.11. The zero-order valence-corrected chi connectivity index (χ0v) is 6.83. The highest BCUT2D eigenvalue weighted by Crippen LogP contribution is 2.18. The van der Waals surface area contributed by atoms with Crippen LogP contribution in [0.15, 0.2) is 36.4 Å². The van der Waals surface area contributed by atoms with Crippen molar-refractivity contribution in [3.8, 4) is 0 Å². The molecule has 12 heavy (non-hydrogen) atoms. The first kappa shape index (κ1) is 7.17. The third-order valence-electron chi connectivity index (χ3n) is 2.03. The van der Waals surface area contributed by atoms with E-state index in [0.29, 0.717) is 0 Å². The van der Waals surface area contributed by atoms with Crippen LogP contribution in [0.2, 0.25) is 0 Å². The zero-order valence-electron chi connectivity index (χ0n) is 6.83. The summed E-state index contributed by atoms with van der Waals surface area (Å²) in [5.74, 6) is 0. The lowest BCUT2D eigenvalue weighted by molar-refractivity contribution is 1.27. The van der Waals surface area contributed by atoms with Crippen LogP contribution in [-0.2, 0) is 6.42 Å². The van der Waals surface area contributed by atoms with Crippen LogP contribution in [0.1, 0.15) is 11.1 Å². The average Bonchev–Trinajstić information content (AvgIpc) is 2.28. The Morgan fingerprint density at radius 3 is 3.00 bits per heavy atom. The minimum atomic E-state index is 0.845. The molecule has 1 aliphatic rings. The molecule has 2 N–H and O–H groups in total. The fraction of sp³-hybridized carbons (Fsp3) is 0.0909. The zero-order chi connectivity index (χ0) is 8.39. The van der Waals surface area contributed by atoms with Gasteiger partial charge in [0.05, 0.1) is 0 Å². The molecule has 0 atom stereocenters. The van der Waals surface area contributed by atoms with E-state index in [4.69, 9.17) is 5.73 Å². The molecule has 60 valence electrons. The van der Waals surface area contributed by atoms with Crippen molar-refractivity contribution in [3.05, 3.63) is 47.6 Å². The second-order valence-corrected chi connectivity index (χ2v) is 2.95. The molecule has 1 aromatic rings. The van der Waals surface area contributed by atoms with E-state index >= 15 is 0 Å². The molecule has 0 saturated carbocycles. The van der Waals surface area contributed by atoms with E-state index in [1.807, 2.05) is 12.1 Å². The molecule has 1 nitrogen and oxygen atoms in total. The summed E-state index contributed by atoms with van der Waals surface area (Å²) in [6.45, 7) is 0. The lowest BCUT2D eigenvalue weighted by Crippen LogP contribution is -1.90. The molecule has 0 fully saturated rings. The number of benzene rings is 1. The molecule has 0 saturated heterocycles. The van der Waals surface area contributed by atoms with Crippen LogP contribution in [-0.4, -0.2) is 0 Å². The molecule has 0 aliphatic heterocycles. The molecule has 0 radical (unpaired) electrons. The summed E-state index contributed by atoms with van der Waals surface area (Å²) in [5, 5.41) is 0. The Hall–Kier alpha value is -1.50. The second-order valence-electron chi connectivity index (χ2n) is 2.95. The van der Waals surface area contributed by atoms with Gasteiger partial charge in [-0.3, -0.25) is 0 Å². The van der Waals surface area contributed by atoms with E-state index in [1.54, 1.807) is 0 Å². The normalized spacial score (nSPS) is 14.0. The van der Waals surface area contributed by atoms with E-state index in [9.17, 15) is 0 Å². The van der Waals surface area contributed by atoms with Crippen LogP contribution in [0, 0.1) is 0 Å². The number of hydrogen-bond acceptors (Lipinski definition) is 1. The van der Waals surface area contributed by atoms with Crippen molar-refractivity contribution in [3.63, 3.8) is 0 Å². The molecular formula is C11H11N. The van der Waals surface area contributed by atoms with E-state index in [-0.39, 0.29) is 0 Å². The van der Waals surface area contributed by atoms with Gasteiger partial charge in [-0.2, -0.15) is 0 Å². The summed E-state index contributed by atoms with van der Waals surface area (Å²) in [4.78, 5) is 0. The predicted molar refractivity (Wildman–Crippen MR) is 52.7 cm³/mol. The number of allylic oxidation sites excluding steroid dienone is 3. The molecule has 0 heterocycles. The average molecular weight is 157 g/mol. The van der Waals surface area contributed by atoms with Crippen molar-refractivity contribution in [2.45, 2.75) is 6.42 Å². The standard InChI is InChI=1S/C11H11N/c12-11-7-6-9-4-2-1-3-5-10(9)8-11/h1-4,6-8H,5,12H2. The second kappa shape index (κ2) is 2.86. The molecule has 1 aliphatic carbocycles. The Morgan fingerprint density at radius 1 is 1.17 bits per heavy atom. The Labute approximate surface area is 72.2 Å². The first-order chi connectivity index (χ1) is 5.86. The van der Waals surface area contributed by atoms with Gasteiger partial charge in [0.15, 0.2) is 0 Å². The van der Waals surface area contributed by atoms with E-state index in [2.05, 4.69) is 30.4 Å². The van der Waals surface area contributed by atoms with Gasteiger partial charge in [-0.15, -0.1) is 0 Å². The van der Waals surface area contributed by atoms with Crippen LogP contribution in [0.5, 0.6) is 0 Å². The summed E-state index contributed by atoms with van der Waals surface area (Å²) < 4.78 is 0. The fourth-order valence-electron chi connectivity index (χ4n) is 1.40. The molecule has 0 unspecified atom stereocenters. The minimum absolute atomic E-state index is 0.845. The van der Waals surface area contributed by atoms with Gasteiger partial charge in [0.1, 0.15) is 0 Å². The molecule has 1 aromatic carbocycles. The number of nitrogens with two attached hydrogens (primary N) is 1. The molecule has 0 aromatic heterocycles. The molecular weight excluding hydrogens is 146 g/mol. The van der Waals surface area contributed by atoms with Crippen molar-refractivity contribution in [2.24, 2.45) is 0 Å². The van der Waals surface area contributed by atoms with Gasteiger partial charge in [0, 0.05) is 5.69 Å². The highest BCUT2D eigenvalue weighted by atomic mass is 14.5. The first-order valence-electron chi connectivity index (χ1n) is 4.08. The van der Waals surface area contributed by atoms with Crippen LogP contribution in [0.3, 0.4) is 0 Å². The fourth-order valence-corrected chi connectivity index (χ4v) is 1.40. The van der Waals surface area contributed by atoms with Gasteiger partial charge in [0.2, 0.25) is 0 Å². The number of fused-ring (bicyclic) bond motifs is 1. The molecule has 2 rings (SSSR count). The number of rotatable bonds is 0. The predicted octanol–water partition coefficient (Wildman–Crippen LogP) is 2.39. The van der Waals surface area contributed by atoms with Crippen molar-refractivity contribution in [1.82, 2.24) is 0 Å². The van der Waals surface area contributed by atoms with E-state index < -0.39 is 0 Å². The number of anilines is 1. The van der Waals surface area contributed by atoms with Gasteiger partial charge >= 0.3 is 0 Å². The van der Waals surface area contributed by atoms with Gasteiger partial charge < -0.3 is 5.73 Å². The van der Waals surface area contributed by atoms with Crippen LogP contribution in [0.4, 0.5) is 5.69 Å². The maximum absolute atomic E-state index is 5.68. The SMILES string of the molecule is Nc1ccc2c(c1)CC=CC=C2. The Bertz CT molecular complexity index is 348. The first-order valence-corrected chi connectivity index (χ1v) is 4.08. The van der Waals surface area contributed by atoms with Crippen LogP contribution >= 0.6 is 0 Å². The van der Waals surface area contributed by atoms with Crippen molar-refractivity contribution >= 4 is 11.8 Å². The third-order valence-corrected chi connectivity index (χ3v) is 2.03. The van der Waals surface area contributed by atoms with Crippen molar-refractivity contribution in [2.75, 3.05) is 5.73 Å². The molecule has 0 bridgehead atoms. The van der Waals surface area contributed by atoms with E-state index in [0.717, 1.165) is 12.1 Å². The van der Waals surface area contributed by atoms with E-state index in [1.165, 1.54) is 11.1 Å². The van der Waals surface area contributed by atoms with Gasteiger partial charge in [-0.1, -0.05) is 30.4 Å². The highest BCUT2D eigenvalue weighted by Gasteiger charge is 1.99. The van der Waals surface area contributed by atoms with Crippen LogP contribution < -0.4 is 5.73 Å². The van der Waals surface area contributed by atoms with Crippen molar-refractivity contribution < 1.29 is 0 Å². The smallest absolute Gasteiger partial charge is 0.0317 e. The van der Waals surface area contributed by atoms with Gasteiger partial charge in [-0.05, 0) is 29.7 Å². The van der Waals surface area contributed by atoms with Crippen LogP contribution in [0.25, 0.3) is 6.08 Å². The summed E-state index contributed by atoms with van der Waals surface area (Å²) >= 11 is 0.